The predicted molar refractivity (Wildman–Crippen MR) is 98.5 cm³/mol. The highest BCUT2D eigenvalue weighted by atomic mass is 35.5. The molecule has 1 fully saturated rings. The summed E-state index contributed by atoms with van der Waals surface area (Å²) in [4.78, 5) is 2.43. The van der Waals surface area contributed by atoms with Gasteiger partial charge in [-0.2, -0.15) is 0 Å². The molecule has 4 nitrogen and oxygen atoms in total. The first-order valence-electron chi connectivity index (χ1n) is 8.43. The van der Waals surface area contributed by atoms with E-state index in [1.54, 1.807) is 12.1 Å². The van der Waals surface area contributed by atoms with Gasteiger partial charge in [-0.15, -0.1) is 33.6 Å². The Kier molecular flexibility index (Phi) is 8.68. The predicted octanol–water partition coefficient (Wildman–Crippen LogP) is 4.38. The molecule has 0 aromatic heterocycles. The molecule has 1 atom stereocenters. The number of unbranched alkanes of at least 4 members (excludes halogenated alkanes) is 2. The van der Waals surface area contributed by atoms with Crippen LogP contribution in [0.3, 0.4) is 0 Å². The first-order chi connectivity index (χ1) is 11.1. The quantitative estimate of drug-likeness (QED) is 0.720. The SMILES string of the molecule is CCCCC[C@@H](c1ccc2c(c1)OC(F)(F)O2)N1CCNCC1.Cl.Cl. The fourth-order valence-corrected chi connectivity index (χ4v) is 3.31. The highest BCUT2D eigenvalue weighted by molar-refractivity contribution is 5.85. The lowest BCUT2D eigenvalue weighted by Gasteiger charge is -2.35. The summed E-state index contributed by atoms with van der Waals surface area (Å²) in [6.07, 6.45) is 0.972. The number of rotatable bonds is 6. The van der Waals surface area contributed by atoms with Crippen molar-refractivity contribution in [2.24, 2.45) is 0 Å². The molecule has 0 aliphatic carbocycles. The van der Waals surface area contributed by atoms with E-state index in [4.69, 9.17) is 0 Å². The number of alkyl halides is 2. The van der Waals surface area contributed by atoms with Gasteiger partial charge in [0.2, 0.25) is 0 Å². The van der Waals surface area contributed by atoms with Crippen LogP contribution in [0, 0.1) is 0 Å². The number of hydrogen-bond donors (Lipinski definition) is 1. The number of benzene rings is 1. The molecule has 8 heteroatoms. The molecule has 1 saturated heterocycles. The van der Waals surface area contributed by atoms with Crippen LogP contribution in [-0.2, 0) is 0 Å². The van der Waals surface area contributed by atoms with Crippen LogP contribution in [-0.4, -0.2) is 37.4 Å². The molecule has 2 aliphatic heterocycles. The Balaban J connectivity index is 0.00000156. The summed E-state index contributed by atoms with van der Waals surface area (Å²) in [6.45, 7) is 6.06. The lowest BCUT2D eigenvalue weighted by molar-refractivity contribution is -0.286. The van der Waals surface area contributed by atoms with Gasteiger partial charge in [-0.1, -0.05) is 32.3 Å². The summed E-state index contributed by atoms with van der Waals surface area (Å²) in [5, 5.41) is 3.36. The van der Waals surface area contributed by atoms with Gasteiger partial charge in [0, 0.05) is 32.2 Å². The van der Waals surface area contributed by atoms with Gasteiger partial charge in [-0.25, -0.2) is 0 Å². The maximum absolute atomic E-state index is 13.2. The summed E-state index contributed by atoms with van der Waals surface area (Å²) in [7, 11) is 0. The average molecular weight is 399 g/mol. The molecule has 1 aromatic rings. The second-order valence-corrected chi connectivity index (χ2v) is 6.17. The Labute approximate surface area is 160 Å². The van der Waals surface area contributed by atoms with E-state index in [1.807, 2.05) is 6.07 Å². The average Bonchev–Trinajstić information content (AvgIpc) is 2.85. The first kappa shape index (κ1) is 22.2. The fourth-order valence-electron chi connectivity index (χ4n) is 3.31. The molecule has 25 heavy (non-hydrogen) atoms. The van der Waals surface area contributed by atoms with Crippen molar-refractivity contribution in [3.05, 3.63) is 23.8 Å². The standard InChI is InChI=1S/C17H24F2N2O2.2ClH/c1-2-3-4-5-14(21-10-8-20-9-11-21)13-6-7-15-16(12-13)23-17(18,19)22-15;;/h6-7,12,14,20H,2-5,8-11H2,1H3;2*1H/t14-;;/m0../s1. The molecule has 0 spiro atoms. The van der Waals surface area contributed by atoms with E-state index in [9.17, 15) is 8.78 Å². The first-order valence-corrected chi connectivity index (χ1v) is 8.43. The van der Waals surface area contributed by atoms with E-state index in [2.05, 4.69) is 26.6 Å². The summed E-state index contributed by atoms with van der Waals surface area (Å²) in [6, 6.07) is 5.45. The summed E-state index contributed by atoms with van der Waals surface area (Å²) >= 11 is 0. The molecule has 0 radical (unpaired) electrons. The fraction of sp³-hybridized carbons (Fsp3) is 0.647. The molecule has 1 N–H and O–H groups in total. The summed E-state index contributed by atoms with van der Waals surface area (Å²) in [5.41, 5.74) is 1.03. The maximum Gasteiger partial charge on any atom is 0.586 e. The number of fused-ring (bicyclic) bond motifs is 1. The van der Waals surface area contributed by atoms with E-state index in [0.29, 0.717) is 0 Å². The van der Waals surface area contributed by atoms with Crippen LogP contribution in [0.2, 0.25) is 0 Å². The van der Waals surface area contributed by atoms with Crippen LogP contribution in [0.4, 0.5) is 8.78 Å². The molecule has 0 unspecified atom stereocenters. The van der Waals surface area contributed by atoms with E-state index < -0.39 is 6.29 Å². The minimum atomic E-state index is -3.55. The number of halogens is 4. The van der Waals surface area contributed by atoms with Crippen molar-refractivity contribution < 1.29 is 18.3 Å². The van der Waals surface area contributed by atoms with Gasteiger partial charge < -0.3 is 14.8 Å². The maximum atomic E-state index is 13.2. The van der Waals surface area contributed by atoms with Gasteiger partial charge in [0.25, 0.3) is 0 Å². The Bertz CT molecular complexity index is 543. The van der Waals surface area contributed by atoms with Gasteiger partial charge in [0.1, 0.15) is 0 Å². The number of ether oxygens (including phenoxy) is 2. The zero-order valence-electron chi connectivity index (χ0n) is 14.3. The molecular formula is C17H26Cl2F2N2O2. The van der Waals surface area contributed by atoms with Crippen molar-refractivity contribution in [1.29, 1.82) is 0 Å². The smallest absolute Gasteiger partial charge is 0.395 e. The molecule has 0 bridgehead atoms. The number of nitrogens with one attached hydrogen (secondary N) is 1. The van der Waals surface area contributed by atoms with Crippen LogP contribution in [0.1, 0.15) is 44.2 Å². The van der Waals surface area contributed by atoms with Gasteiger partial charge in [-0.05, 0) is 24.1 Å². The van der Waals surface area contributed by atoms with Gasteiger partial charge in [-0.3, -0.25) is 4.90 Å². The van der Waals surface area contributed by atoms with E-state index >= 15 is 0 Å². The molecule has 1 aromatic carbocycles. The second-order valence-electron chi connectivity index (χ2n) is 6.17. The molecule has 0 saturated carbocycles. The van der Waals surface area contributed by atoms with Gasteiger partial charge in [0.15, 0.2) is 11.5 Å². The molecule has 2 aliphatic rings. The second kappa shape index (κ2) is 9.76. The van der Waals surface area contributed by atoms with Crippen molar-refractivity contribution in [3.63, 3.8) is 0 Å². The minimum absolute atomic E-state index is 0. The zero-order chi connectivity index (χ0) is 16.3. The molecule has 2 heterocycles. The third-order valence-electron chi connectivity index (χ3n) is 4.48. The van der Waals surface area contributed by atoms with Crippen molar-refractivity contribution in [1.82, 2.24) is 10.2 Å². The van der Waals surface area contributed by atoms with Crippen LogP contribution >= 0.6 is 24.8 Å². The lowest BCUT2D eigenvalue weighted by Crippen LogP contribution is -2.45. The monoisotopic (exact) mass is 398 g/mol. The van der Waals surface area contributed by atoms with Crippen LogP contribution in [0.25, 0.3) is 0 Å². The van der Waals surface area contributed by atoms with E-state index in [1.165, 1.54) is 12.8 Å². The molecule has 3 rings (SSSR count). The van der Waals surface area contributed by atoms with Crippen LogP contribution in [0.15, 0.2) is 18.2 Å². The van der Waals surface area contributed by atoms with Crippen molar-refractivity contribution >= 4 is 24.8 Å². The normalized spacial score (nSPS) is 19.6. The van der Waals surface area contributed by atoms with Crippen molar-refractivity contribution in [2.75, 3.05) is 26.2 Å². The highest BCUT2D eigenvalue weighted by Gasteiger charge is 2.43. The Morgan fingerprint density at radius 2 is 1.80 bits per heavy atom. The molecule has 0 amide bonds. The Hall–Kier alpha value is -0.820. The largest absolute Gasteiger partial charge is 0.586 e. The topological polar surface area (TPSA) is 33.7 Å². The number of nitrogens with zero attached hydrogens (tertiary/aromatic N) is 1. The lowest BCUT2D eigenvalue weighted by atomic mass is 9.97. The van der Waals surface area contributed by atoms with E-state index in [-0.39, 0.29) is 42.4 Å². The van der Waals surface area contributed by atoms with Crippen molar-refractivity contribution in [3.8, 4) is 11.5 Å². The summed E-state index contributed by atoms with van der Waals surface area (Å²) in [5.74, 6) is 0.259. The van der Waals surface area contributed by atoms with E-state index in [0.717, 1.165) is 44.6 Å². The number of hydrogen-bond acceptors (Lipinski definition) is 4. The van der Waals surface area contributed by atoms with Gasteiger partial charge >= 0.3 is 6.29 Å². The van der Waals surface area contributed by atoms with Crippen molar-refractivity contribution in [2.45, 2.75) is 44.9 Å². The third kappa shape index (κ3) is 5.58. The zero-order valence-corrected chi connectivity index (χ0v) is 15.9. The highest BCUT2D eigenvalue weighted by Crippen LogP contribution is 2.43. The van der Waals surface area contributed by atoms with Crippen LogP contribution in [0.5, 0.6) is 11.5 Å². The van der Waals surface area contributed by atoms with Crippen LogP contribution < -0.4 is 14.8 Å². The minimum Gasteiger partial charge on any atom is -0.395 e. The number of piperazine rings is 1. The Morgan fingerprint density at radius 3 is 2.48 bits per heavy atom. The van der Waals surface area contributed by atoms with Gasteiger partial charge in [0.05, 0.1) is 0 Å². The molecular weight excluding hydrogens is 373 g/mol. The summed E-state index contributed by atoms with van der Waals surface area (Å²) < 4.78 is 35.5. The molecule has 144 valence electrons. The Morgan fingerprint density at radius 1 is 1.12 bits per heavy atom. The third-order valence-corrected chi connectivity index (χ3v) is 4.48.